The lowest BCUT2D eigenvalue weighted by Gasteiger charge is -2.22. The summed E-state index contributed by atoms with van der Waals surface area (Å²) in [5.74, 6) is -1.17. The SMILES string of the molecule is O=C1CCCCN1/C=C/c1cc(F)cc(F)c1. The van der Waals surface area contributed by atoms with Gasteiger partial charge in [-0.3, -0.25) is 4.79 Å². The Morgan fingerprint density at radius 2 is 1.82 bits per heavy atom. The summed E-state index contributed by atoms with van der Waals surface area (Å²) in [5, 5.41) is 0. The number of benzene rings is 1. The van der Waals surface area contributed by atoms with Crippen LogP contribution in [-0.4, -0.2) is 17.4 Å². The molecule has 1 aliphatic heterocycles. The van der Waals surface area contributed by atoms with E-state index in [1.807, 2.05) is 0 Å². The van der Waals surface area contributed by atoms with Crippen LogP contribution in [0.3, 0.4) is 0 Å². The van der Waals surface area contributed by atoms with E-state index in [4.69, 9.17) is 0 Å². The molecule has 90 valence electrons. The number of likely N-dealkylation sites (tertiary alicyclic amines) is 1. The Labute approximate surface area is 98.5 Å². The first kappa shape index (κ1) is 11.8. The Hall–Kier alpha value is -1.71. The van der Waals surface area contributed by atoms with Crippen molar-refractivity contribution in [3.63, 3.8) is 0 Å². The molecule has 0 unspecified atom stereocenters. The molecule has 0 aromatic heterocycles. The average Bonchev–Trinajstić information content (AvgIpc) is 2.27. The maximum absolute atomic E-state index is 12.9. The van der Waals surface area contributed by atoms with Gasteiger partial charge in [-0.2, -0.15) is 0 Å². The summed E-state index contributed by atoms with van der Waals surface area (Å²) in [5.41, 5.74) is 0.417. The third-order valence-corrected chi connectivity index (χ3v) is 2.69. The van der Waals surface area contributed by atoms with Gasteiger partial charge in [0.25, 0.3) is 0 Å². The summed E-state index contributed by atoms with van der Waals surface area (Å²) < 4.78 is 25.8. The largest absolute Gasteiger partial charge is 0.319 e. The smallest absolute Gasteiger partial charge is 0.226 e. The highest BCUT2D eigenvalue weighted by atomic mass is 19.1. The third-order valence-electron chi connectivity index (χ3n) is 2.69. The van der Waals surface area contributed by atoms with Crippen molar-refractivity contribution in [2.75, 3.05) is 6.54 Å². The molecular formula is C13H13F2NO. The number of amides is 1. The highest BCUT2D eigenvalue weighted by Crippen LogP contribution is 2.14. The molecule has 2 nitrogen and oxygen atoms in total. The van der Waals surface area contributed by atoms with Gasteiger partial charge >= 0.3 is 0 Å². The van der Waals surface area contributed by atoms with E-state index in [0.29, 0.717) is 18.5 Å². The zero-order chi connectivity index (χ0) is 12.3. The van der Waals surface area contributed by atoms with Crippen LogP contribution < -0.4 is 0 Å². The van der Waals surface area contributed by atoms with E-state index in [1.165, 1.54) is 12.1 Å². The van der Waals surface area contributed by atoms with E-state index in [1.54, 1.807) is 17.2 Å². The van der Waals surface area contributed by atoms with Gasteiger partial charge in [-0.25, -0.2) is 8.78 Å². The number of hydrogen-bond donors (Lipinski definition) is 0. The van der Waals surface area contributed by atoms with Gasteiger partial charge in [-0.05, 0) is 36.6 Å². The van der Waals surface area contributed by atoms with Crippen LogP contribution in [-0.2, 0) is 4.79 Å². The third kappa shape index (κ3) is 3.12. The molecule has 17 heavy (non-hydrogen) atoms. The minimum Gasteiger partial charge on any atom is -0.319 e. The summed E-state index contributed by atoms with van der Waals surface area (Å²) in [6.07, 6.45) is 5.57. The van der Waals surface area contributed by atoms with Gasteiger partial charge in [0.2, 0.25) is 5.91 Å². The molecule has 1 fully saturated rings. The van der Waals surface area contributed by atoms with Crippen molar-refractivity contribution >= 4 is 12.0 Å². The molecule has 0 N–H and O–H groups in total. The molecule has 4 heteroatoms. The molecule has 1 heterocycles. The highest BCUT2D eigenvalue weighted by molar-refractivity contribution is 5.78. The Morgan fingerprint density at radius 3 is 2.47 bits per heavy atom. The first-order valence-corrected chi connectivity index (χ1v) is 5.59. The van der Waals surface area contributed by atoms with Crippen LogP contribution in [0.4, 0.5) is 8.78 Å². The highest BCUT2D eigenvalue weighted by Gasteiger charge is 2.14. The van der Waals surface area contributed by atoms with Gasteiger partial charge in [0.1, 0.15) is 11.6 Å². The van der Waals surface area contributed by atoms with Crippen molar-refractivity contribution in [2.24, 2.45) is 0 Å². The first-order valence-electron chi connectivity index (χ1n) is 5.59. The number of carbonyl (C=O) groups excluding carboxylic acids is 1. The van der Waals surface area contributed by atoms with Gasteiger partial charge in [-0.15, -0.1) is 0 Å². The van der Waals surface area contributed by atoms with Gasteiger partial charge < -0.3 is 4.90 Å². The number of rotatable bonds is 2. The van der Waals surface area contributed by atoms with E-state index in [2.05, 4.69) is 0 Å². The molecule has 0 aliphatic carbocycles. The van der Waals surface area contributed by atoms with Gasteiger partial charge in [-0.1, -0.05) is 0 Å². The lowest BCUT2D eigenvalue weighted by Crippen LogP contribution is -2.30. The zero-order valence-corrected chi connectivity index (χ0v) is 9.33. The zero-order valence-electron chi connectivity index (χ0n) is 9.33. The molecule has 1 aromatic carbocycles. The number of carbonyl (C=O) groups is 1. The summed E-state index contributed by atoms with van der Waals surface area (Å²) in [6, 6.07) is 3.28. The molecule has 1 aromatic rings. The van der Waals surface area contributed by atoms with Crippen LogP contribution in [0.15, 0.2) is 24.4 Å². The monoisotopic (exact) mass is 237 g/mol. The normalized spacial score (nSPS) is 16.8. The number of piperidine rings is 1. The average molecular weight is 237 g/mol. The molecular weight excluding hydrogens is 224 g/mol. The van der Waals surface area contributed by atoms with Crippen molar-refractivity contribution in [1.82, 2.24) is 4.90 Å². The topological polar surface area (TPSA) is 20.3 Å². The Bertz CT molecular complexity index is 436. The molecule has 0 spiro atoms. The molecule has 2 rings (SSSR count). The summed E-state index contributed by atoms with van der Waals surface area (Å²) in [7, 11) is 0. The molecule has 0 atom stereocenters. The summed E-state index contributed by atoms with van der Waals surface area (Å²) in [6.45, 7) is 0.674. The minimum absolute atomic E-state index is 0.0596. The van der Waals surface area contributed by atoms with Gasteiger partial charge in [0.15, 0.2) is 0 Å². The van der Waals surface area contributed by atoms with E-state index in [0.717, 1.165) is 18.9 Å². The first-order chi connectivity index (χ1) is 8.15. The van der Waals surface area contributed by atoms with Crippen molar-refractivity contribution in [3.8, 4) is 0 Å². The minimum atomic E-state index is -0.616. The molecule has 0 radical (unpaired) electrons. The molecule has 0 bridgehead atoms. The van der Waals surface area contributed by atoms with Gasteiger partial charge in [0, 0.05) is 25.2 Å². The Kier molecular flexibility index (Phi) is 3.52. The number of nitrogens with zero attached hydrogens (tertiary/aromatic N) is 1. The summed E-state index contributed by atoms with van der Waals surface area (Å²) in [4.78, 5) is 13.1. The van der Waals surface area contributed by atoms with Crippen LogP contribution in [0.1, 0.15) is 24.8 Å². The Balaban J connectivity index is 2.11. The predicted molar refractivity (Wildman–Crippen MR) is 61.0 cm³/mol. The van der Waals surface area contributed by atoms with Crippen LogP contribution >= 0.6 is 0 Å². The van der Waals surface area contributed by atoms with E-state index >= 15 is 0 Å². The lowest BCUT2D eigenvalue weighted by atomic mass is 10.1. The van der Waals surface area contributed by atoms with Crippen LogP contribution in [0, 0.1) is 11.6 Å². The predicted octanol–water partition coefficient (Wildman–Crippen LogP) is 2.95. The summed E-state index contributed by atoms with van der Waals surface area (Å²) >= 11 is 0. The fourth-order valence-electron chi connectivity index (χ4n) is 1.83. The fourth-order valence-corrected chi connectivity index (χ4v) is 1.83. The quantitative estimate of drug-likeness (QED) is 0.774. The van der Waals surface area contributed by atoms with E-state index < -0.39 is 11.6 Å². The van der Waals surface area contributed by atoms with Gasteiger partial charge in [0.05, 0.1) is 0 Å². The van der Waals surface area contributed by atoms with Crippen LogP contribution in [0.25, 0.3) is 6.08 Å². The number of hydrogen-bond acceptors (Lipinski definition) is 1. The van der Waals surface area contributed by atoms with Crippen molar-refractivity contribution in [2.45, 2.75) is 19.3 Å². The molecule has 1 amide bonds. The lowest BCUT2D eigenvalue weighted by molar-refractivity contribution is -0.130. The Morgan fingerprint density at radius 1 is 1.12 bits per heavy atom. The van der Waals surface area contributed by atoms with Crippen molar-refractivity contribution in [3.05, 3.63) is 41.6 Å². The van der Waals surface area contributed by atoms with Crippen molar-refractivity contribution < 1.29 is 13.6 Å². The maximum Gasteiger partial charge on any atom is 0.226 e. The van der Waals surface area contributed by atoms with E-state index in [9.17, 15) is 13.6 Å². The van der Waals surface area contributed by atoms with Crippen molar-refractivity contribution in [1.29, 1.82) is 0 Å². The van der Waals surface area contributed by atoms with Crippen LogP contribution in [0.2, 0.25) is 0 Å². The second-order valence-electron chi connectivity index (χ2n) is 4.06. The van der Waals surface area contributed by atoms with E-state index in [-0.39, 0.29) is 5.91 Å². The fraction of sp³-hybridized carbons (Fsp3) is 0.308. The standard InChI is InChI=1S/C13H13F2NO/c14-11-7-10(8-12(15)9-11)4-6-16-5-2-1-3-13(16)17/h4,6-9H,1-3,5H2/b6-4+. The molecule has 1 saturated heterocycles. The second kappa shape index (κ2) is 5.08. The van der Waals surface area contributed by atoms with Crippen LogP contribution in [0.5, 0.6) is 0 Å². The maximum atomic E-state index is 12.9. The number of halogens is 2. The second-order valence-corrected chi connectivity index (χ2v) is 4.06. The molecule has 0 saturated carbocycles. The molecule has 1 aliphatic rings.